The zero-order chi connectivity index (χ0) is 7.40. The summed E-state index contributed by atoms with van der Waals surface area (Å²) in [5.74, 6) is 6.22. The monoisotopic (exact) mass is 144 g/mol. The summed E-state index contributed by atoms with van der Waals surface area (Å²) in [6.45, 7) is 0.729. The van der Waals surface area contributed by atoms with Crippen molar-refractivity contribution in [3.63, 3.8) is 0 Å². The Hall–Kier alpha value is -0.120. The minimum atomic E-state index is 0.359. The number of hydrogen-bond donors (Lipinski definition) is 2. The molecule has 0 amide bonds. The molecule has 1 aliphatic carbocycles. The van der Waals surface area contributed by atoms with E-state index in [1.54, 1.807) is 7.11 Å². The van der Waals surface area contributed by atoms with Crippen LogP contribution in [0.1, 0.15) is 19.3 Å². The largest absolute Gasteiger partial charge is 0.383 e. The van der Waals surface area contributed by atoms with Crippen molar-refractivity contribution < 1.29 is 4.74 Å². The molecule has 1 saturated carbocycles. The molecule has 3 heteroatoms. The van der Waals surface area contributed by atoms with E-state index >= 15 is 0 Å². The number of ether oxygens (including phenoxy) is 1. The van der Waals surface area contributed by atoms with Crippen LogP contribution in [0, 0.1) is 5.92 Å². The highest BCUT2D eigenvalue weighted by molar-refractivity contribution is 4.78. The number of hydrazine groups is 1. The first-order chi connectivity index (χ1) is 4.86. The predicted octanol–water partition coefficient (Wildman–Crippen LogP) is 0.265. The average molecular weight is 144 g/mol. The molecule has 1 rings (SSSR count). The third-order valence-electron chi connectivity index (χ3n) is 1.92. The Balaban J connectivity index is 2.05. The van der Waals surface area contributed by atoms with Gasteiger partial charge >= 0.3 is 0 Å². The summed E-state index contributed by atoms with van der Waals surface area (Å²) < 4.78 is 4.98. The van der Waals surface area contributed by atoms with Gasteiger partial charge in [0.15, 0.2) is 0 Å². The van der Waals surface area contributed by atoms with Crippen molar-refractivity contribution in [2.45, 2.75) is 25.3 Å². The van der Waals surface area contributed by atoms with Crippen molar-refractivity contribution in [2.24, 2.45) is 11.8 Å². The summed E-state index contributed by atoms with van der Waals surface area (Å²) in [5.41, 5.74) is 2.75. The van der Waals surface area contributed by atoms with Crippen LogP contribution in [-0.2, 0) is 4.74 Å². The second-order valence-corrected chi connectivity index (χ2v) is 3.00. The van der Waals surface area contributed by atoms with Crippen molar-refractivity contribution >= 4 is 0 Å². The van der Waals surface area contributed by atoms with Gasteiger partial charge in [0.2, 0.25) is 0 Å². The van der Waals surface area contributed by atoms with E-state index in [4.69, 9.17) is 10.6 Å². The van der Waals surface area contributed by atoms with Gasteiger partial charge in [-0.25, -0.2) is 0 Å². The molecule has 0 saturated heterocycles. The Morgan fingerprint density at radius 3 is 2.80 bits per heavy atom. The van der Waals surface area contributed by atoms with Gasteiger partial charge < -0.3 is 4.74 Å². The standard InChI is InChI=1S/C7H16N2O/c1-10-5-7(9-8)4-6-2-3-6/h6-7,9H,2-5,8H2,1H3. The van der Waals surface area contributed by atoms with Gasteiger partial charge in [-0.3, -0.25) is 11.3 Å². The van der Waals surface area contributed by atoms with E-state index in [0.717, 1.165) is 12.5 Å². The molecule has 1 atom stereocenters. The van der Waals surface area contributed by atoms with Gasteiger partial charge in [0.1, 0.15) is 0 Å². The van der Waals surface area contributed by atoms with E-state index in [1.165, 1.54) is 19.3 Å². The lowest BCUT2D eigenvalue weighted by Gasteiger charge is -2.13. The first-order valence-corrected chi connectivity index (χ1v) is 3.82. The molecule has 1 unspecified atom stereocenters. The maximum atomic E-state index is 5.30. The minimum Gasteiger partial charge on any atom is -0.383 e. The van der Waals surface area contributed by atoms with Crippen LogP contribution in [0.25, 0.3) is 0 Å². The van der Waals surface area contributed by atoms with Crippen LogP contribution in [0.5, 0.6) is 0 Å². The van der Waals surface area contributed by atoms with Crippen molar-refractivity contribution in [1.82, 2.24) is 5.43 Å². The number of nitrogens with two attached hydrogens (primary N) is 1. The van der Waals surface area contributed by atoms with Gasteiger partial charge in [-0.15, -0.1) is 0 Å². The van der Waals surface area contributed by atoms with Gasteiger partial charge in [-0.2, -0.15) is 0 Å². The lowest BCUT2D eigenvalue weighted by Crippen LogP contribution is -2.38. The molecule has 3 N–H and O–H groups in total. The summed E-state index contributed by atoms with van der Waals surface area (Å²) in [6.07, 6.45) is 3.92. The fraction of sp³-hybridized carbons (Fsp3) is 1.00. The van der Waals surface area contributed by atoms with E-state index in [1.807, 2.05) is 0 Å². The van der Waals surface area contributed by atoms with Gasteiger partial charge in [0.25, 0.3) is 0 Å². The normalized spacial score (nSPS) is 21.0. The first kappa shape index (κ1) is 7.98. The minimum absolute atomic E-state index is 0.359. The molecule has 0 spiro atoms. The summed E-state index contributed by atoms with van der Waals surface area (Å²) in [7, 11) is 1.71. The van der Waals surface area contributed by atoms with Gasteiger partial charge in [0.05, 0.1) is 6.61 Å². The molecule has 0 aromatic heterocycles. The Kier molecular flexibility index (Phi) is 3.12. The predicted molar refractivity (Wildman–Crippen MR) is 40.3 cm³/mol. The smallest absolute Gasteiger partial charge is 0.0629 e. The SMILES string of the molecule is COCC(CC1CC1)NN. The van der Waals surface area contributed by atoms with Crippen LogP contribution >= 0.6 is 0 Å². The Morgan fingerprint density at radius 2 is 2.40 bits per heavy atom. The number of rotatable bonds is 5. The Bertz CT molecular complexity index is 93.6. The lowest BCUT2D eigenvalue weighted by molar-refractivity contribution is 0.160. The molecule has 0 bridgehead atoms. The molecule has 0 aromatic carbocycles. The molecule has 0 heterocycles. The molecule has 3 nitrogen and oxygen atoms in total. The van der Waals surface area contributed by atoms with Gasteiger partial charge in [0, 0.05) is 13.2 Å². The summed E-state index contributed by atoms with van der Waals surface area (Å²) >= 11 is 0. The van der Waals surface area contributed by atoms with Crippen molar-refractivity contribution in [2.75, 3.05) is 13.7 Å². The topological polar surface area (TPSA) is 47.3 Å². The van der Waals surface area contributed by atoms with Crippen molar-refractivity contribution in [3.8, 4) is 0 Å². The second-order valence-electron chi connectivity index (χ2n) is 3.00. The lowest BCUT2D eigenvalue weighted by atomic mass is 10.1. The van der Waals surface area contributed by atoms with Crippen molar-refractivity contribution in [3.05, 3.63) is 0 Å². The van der Waals surface area contributed by atoms with E-state index in [0.29, 0.717) is 6.04 Å². The van der Waals surface area contributed by atoms with Crippen LogP contribution in [0.2, 0.25) is 0 Å². The summed E-state index contributed by atoms with van der Waals surface area (Å²) in [4.78, 5) is 0. The van der Waals surface area contributed by atoms with E-state index < -0.39 is 0 Å². The molecule has 0 aliphatic heterocycles. The molecule has 0 radical (unpaired) electrons. The number of methoxy groups -OCH3 is 1. The van der Waals surface area contributed by atoms with E-state index in [2.05, 4.69) is 5.43 Å². The Labute approximate surface area is 61.9 Å². The van der Waals surface area contributed by atoms with Gasteiger partial charge in [-0.05, 0) is 12.3 Å². The molecule has 60 valence electrons. The van der Waals surface area contributed by atoms with Gasteiger partial charge in [-0.1, -0.05) is 12.8 Å². The van der Waals surface area contributed by atoms with Crippen LogP contribution in [0.15, 0.2) is 0 Å². The average Bonchev–Trinajstić information content (AvgIpc) is 2.71. The quantitative estimate of drug-likeness (QED) is 0.430. The fourth-order valence-electron chi connectivity index (χ4n) is 1.14. The third kappa shape index (κ3) is 2.64. The number of nitrogens with one attached hydrogen (secondary N) is 1. The zero-order valence-electron chi connectivity index (χ0n) is 6.47. The molecule has 1 aliphatic rings. The molecular weight excluding hydrogens is 128 g/mol. The maximum absolute atomic E-state index is 5.30. The highest BCUT2D eigenvalue weighted by atomic mass is 16.5. The highest BCUT2D eigenvalue weighted by Gasteiger charge is 2.24. The van der Waals surface area contributed by atoms with E-state index in [9.17, 15) is 0 Å². The molecule has 1 fully saturated rings. The number of hydrogen-bond acceptors (Lipinski definition) is 3. The summed E-state index contributed by atoms with van der Waals surface area (Å²) in [6, 6.07) is 0.359. The first-order valence-electron chi connectivity index (χ1n) is 3.82. The van der Waals surface area contributed by atoms with Crippen LogP contribution in [0.4, 0.5) is 0 Å². The van der Waals surface area contributed by atoms with Crippen LogP contribution < -0.4 is 11.3 Å². The second kappa shape index (κ2) is 3.91. The van der Waals surface area contributed by atoms with E-state index in [-0.39, 0.29) is 0 Å². The third-order valence-corrected chi connectivity index (χ3v) is 1.92. The highest BCUT2D eigenvalue weighted by Crippen LogP contribution is 2.33. The maximum Gasteiger partial charge on any atom is 0.0629 e. The molecule has 10 heavy (non-hydrogen) atoms. The van der Waals surface area contributed by atoms with Crippen molar-refractivity contribution in [1.29, 1.82) is 0 Å². The molecular formula is C7H16N2O. The fourth-order valence-corrected chi connectivity index (χ4v) is 1.14. The molecule has 0 aromatic rings. The van der Waals surface area contributed by atoms with Crippen LogP contribution in [0.3, 0.4) is 0 Å². The van der Waals surface area contributed by atoms with Crippen LogP contribution in [-0.4, -0.2) is 19.8 Å². The zero-order valence-corrected chi connectivity index (χ0v) is 6.47. The summed E-state index contributed by atoms with van der Waals surface area (Å²) in [5, 5.41) is 0. The Morgan fingerprint density at radius 1 is 1.70 bits per heavy atom.